The minimum atomic E-state index is -0.476. The third-order valence-electron chi connectivity index (χ3n) is 3.35. The zero-order valence-corrected chi connectivity index (χ0v) is 12.2. The summed E-state index contributed by atoms with van der Waals surface area (Å²) in [5, 5.41) is 13.6. The molecule has 0 bridgehead atoms. The van der Waals surface area contributed by atoms with Crippen molar-refractivity contribution >= 4 is 5.69 Å². The first-order valence-electron chi connectivity index (χ1n) is 6.77. The van der Waals surface area contributed by atoms with Crippen molar-refractivity contribution in [2.75, 3.05) is 32.1 Å². The normalized spacial score (nSPS) is 16.7. The molecule has 1 saturated heterocycles. The van der Waals surface area contributed by atoms with E-state index in [-0.39, 0.29) is 5.82 Å². The molecule has 0 unspecified atom stereocenters. The Morgan fingerprint density at radius 2 is 2.29 bits per heavy atom. The molecule has 21 heavy (non-hydrogen) atoms. The first-order chi connectivity index (χ1) is 9.97. The van der Waals surface area contributed by atoms with Crippen LogP contribution in [0.15, 0.2) is 30.2 Å². The van der Waals surface area contributed by atoms with Crippen LogP contribution in [0.1, 0.15) is 12.0 Å². The van der Waals surface area contributed by atoms with Gasteiger partial charge in [-0.25, -0.2) is 4.39 Å². The Labute approximate surface area is 123 Å². The number of hydrogen-bond donors (Lipinski definition) is 1. The largest absolute Gasteiger partial charge is 0.375 e. The molecule has 2 rings (SSSR count). The summed E-state index contributed by atoms with van der Waals surface area (Å²) in [6, 6.07) is 5.05. The van der Waals surface area contributed by atoms with E-state index in [9.17, 15) is 14.5 Å². The molecule has 0 aromatic heterocycles. The molecule has 0 amide bonds. The van der Waals surface area contributed by atoms with E-state index in [1.165, 1.54) is 6.07 Å². The number of benzene rings is 1. The van der Waals surface area contributed by atoms with Gasteiger partial charge in [0.25, 0.3) is 6.20 Å². The van der Waals surface area contributed by atoms with E-state index in [4.69, 9.17) is 0 Å². The number of nitrogens with one attached hydrogen (secondary N) is 1. The predicted molar refractivity (Wildman–Crippen MR) is 78.8 cm³/mol. The molecule has 0 aliphatic carbocycles. The standard InChI is InChI=1S/C14H19FN4O2/c1-17(2)13-5-4-11(8-12(13)15)9-18-7-3-6-16-14(18)10-19(20)21/h4-5,8,10,16H,3,6-7,9H2,1-2H3. The van der Waals surface area contributed by atoms with Crippen LogP contribution in [0.4, 0.5) is 10.1 Å². The van der Waals surface area contributed by atoms with Gasteiger partial charge in [0, 0.05) is 33.7 Å². The molecular weight excluding hydrogens is 275 g/mol. The minimum absolute atomic E-state index is 0.290. The summed E-state index contributed by atoms with van der Waals surface area (Å²) in [5.74, 6) is 0.186. The summed E-state index contributed by atoms with van der Waals surface area (Å²) in [4.78, 5) is 13.7. The average Bonchev–Trinajstić information content (AvgIpc) is 2.40. The third kappa shape index (κ3) is 3.84. The molecule has 1 aromatic carbocycles. The fourth-order valence-corrected chi connectivity index (χ4v) is 2.34. The molecule has 7 heteroatoms. The molecular formula is C14H19FN4O2. The van der Waals surface area contributed by atoms with E-state index in [0.29, 0.717) is 31.1 Å². The van der Waals surface area contributed by atoms with Gasteiger partial charge in [-0.3, -0.25) is 10.1 Å². The summed E-state index contributed by atoms with van der Waals surface area (Å²) in [7, 11) is 3.56. The molecule has 1 aliphatic rings. The maximum atomic E-state index is 14.0. The van der Waals surface area contributed by atoms with Crippen LogP contribution in [0.5, 0.6) is 0 Å². The molecule has 0 radical (unpaired) electrons. The zero-order chi connectivity index (χ0) is 15.4. The number of anilines is 1. The fraction of sp³-hybridized carbons (Fsp3) is 0.429. The highest BCUT2D eigenvalue weighted by atomic mass is 19.1. The van der Waals surface area contributed by atoms with Crippen molar-refractivity contribution in [2.24, 2.45) is 0 Å². The summed E-state index contributed by atoms with van der Waals surface area (Å²) in [6.07, 6.45) is 1.86. The molecule has 0 spiro atoms. The van der Waals surface area contributed by atoms with Crippen LogP contribution in [0.2, 0.25) is 0 Å². The summed E-state index contributed by atoms with van der Waals surface area (Å²) >= 11 is 0. The summed E-state index contributed by atoms with van der Waals surface area (Å²) in [5.41, 5.74) is 1.31. The van der Waals surface area contributed by atoms with Gasteiger partial charge in [0.15, 0.2) is 5.82 Å². The van der Waals surface area contributed by atoms with Crippen molar-refractivity contribution < 1.29 is 9.31 Å². The highest BCUT2D eigenvalue weighted by Gasteiger charge is 2.18. The molecule has 0 atom stereocenters. The van der Waals surface area contributed by atoms with Gasteiger partial charge >= 0.3 is 0 Å². The van der Waals surface area contributed by atoms with Crippen molar-refractivity contribution in [3.63, 3.8) is 0 Å². The van der Waals surface area contributed by atoms with E-state index in [1.54, 1.807) is 25.1 Å². The quantitative estimate of drug-likeness (QED) is 0.677. The Balaban J connectivity index is 2.16. The smallest absolute Gasteiger partial charge is 0.274 e. The number of nitrogens with zero attached hydrogens (tertiary/aromatic N) is 3. The van der Waals surface area contributed by atoms with Gasteiger partial charge in [-0.15, -0.1) is 0 Å². The average molecular weight is 294 g/mol. The Morgan fingerprint density at radius 1 is 1.52 bits per heavy atom. The molecule has 0 saturated carbocycles. The molecule has 1 N–H and O–H groups in total. The first-order valence-corrected chi connectivity index (χ1v) is 6.77. The molecule has 114 valence electrons. The predicted octanol–water partition coefficient (Wildman–Crippen LogP) is 1.76. The number of rotatable bonds is 4. The van der Waals surface area contributed by atoms with Gasteiger partial charge in [-0.05, 0) is 24.1 Å². The summed E-state index contributed by atoms with van der Waals surface area (Å²) < 4.78 is 14.0. The van der Waals surface area contributed by atoms with Gasteiger partial charge in [0.1, 0.15) is 5.82 Å². The SMILES string of the molecule is CN(C)c1ccc(CN2CCCNC2=C[N+](=O)[O-])cc1F. The van der Waals surface area contributed by atoms with E-state index in [2.05, 4.69) is 5.32 Å². The zero-order valence-electron chi connectivity index (χ0n) is 12.2. The van der Waals surface area contributed by atoms with Crippen LogP contribution in [-0.4, -0.2) is 37.0 Å². The lowest BCUT2D eigenvalue weighted by Gasteiger charge is -2.31. The van der Waals surface area contributed by atoms with Crippen molar-refractivity contribution in [1.29, 1.82) is 0 Å². The second-order valence-electron chi connectivity index (χ2n) is 5.18. The number of nitro groups is 1. The van der Waals surface area contributed by atoms with Crippen LogP contribution in [0, 0.1) is 15.9 Å². The molecule has 1 heterocycles. The van der Waals surface area contributed by atoms with E-state index in [1.807, 2.05) is 11.0 Å². The third-order valence-corrected chi connectivity index (χ3v) is 3.35. The monoisotopic (exact) mass is 294 g/mol. The Morgan fingerprint density at radius 3 is 2.90 bits per heavy atom. The first kappa shape index (κ1) is 15.1. The minimum Gasteiger partial charge on any atom is -0.375 e. The van der Waals surface area contributed by atoms with Crippen molar-refractivity contribution in [3.05, 3.63) is 51.7 Å². The second kappa shape index (κ2) is 6.43. The Bertz CT molecular complexity index is 560. The van der Waals surface area contributed by atoms with E-state index in [0.717, 1.165) is 18.2 Å². The molecule has 1 fully saturated rings. The van der Waals surface area contributed by atoms with Crippen LogP contribution in [0.25, 0.3) is 0 Å². The summed E-state index contributed by atoms with van der Waals surface area (Å²) in [6.45, 7) is 1.87. The highest BCUT2D eigenvalue weighted by molar-refractivity contribution is 5.47. The van der Waals surface area contributed by atoms with Crippen LogP contribution in [0.3, 0.4) is 0 Å². The van der Waals surface area contributed by atoms with Gasteiger partial charge in [0.05, 0.1) is 10.6 Å². The fourth-order valence-electron chi connectivity index (χ4n) is 2.34. The lowest BCUT2D eigenvalue weighted by molar-refractivity contribution is -0.405. The maximum Gasteiger partial charge on any atom is 0.274 e. The van der Waals surface area contributed by atoms with E-state index < -0.39 is 4.92 Å². The Hall–Kier alpha value is -2.31. The highest BCUT2D eigenvalue weighted by Crippen LogP contribution is 2.20. The second-order valence-corrected chi connectivity index (χ2v) is 5.18. The van der Waals surface area contributed by atoms with Gasteiger partial charge < -0.3 is 15.1 Å². The van der Waals surface area contributed by atoms with Crippen LogP contribution >= 0.6 is 0 Å². The van der Waals surface area contributed by atoms with Gasteiger partial charge in [-0.2, -0.15) is 0 Å². The number of halogens is 1. The lowest BCUT2D eigenvalue weighted by Crippen LogP contribution is -2.39. The van der Waals surface area contributed by atoms with Crippen LogP contribution < -0.4 is 10.2 Å². The van der Waals surface area contributed by atoms with E-state index >= 15 is 0 Å². The topological polar surface area (TPSA) is 61.6 Å². The van der Waals surface area contributed by atoms with Gasteiger partial charge in [-0.1, -0.05) is 6.07 Å². The van der Waals surface area contributed by atoms with Gasteiger partial charge in [0.2, 0.25) is 0 Å². The number of hydrogen-bond acceptors (Lipinski definition) is 5. The molecule has 1 aliphatic heterocycles. The molecule has 6 nitrogen and oxygen atoms in total. The maximum absolute atomic E-state index is 14.0. The van der Waals surface area contributed by atoms with Crippen LogP contribution in [-0.2, 0) is 6.54 Å². The molecule has 1 aromatic rings. The van der Waals surface area contributed by atoms with Crippen molar-refractivity contribution in [1.82, 2.24) is 10.2 Å². The van der Waals surface area contributed by atoms with Crippen molar-refractivity contribution in [2.45, 2.75) is 13.0 Å². The Kier molecular flexibility index (Phi) is 4.62. The van der Waals surface area contributed by atoms with Crippen molar-refractivity contribution in [3.8, 4) is 0 Å². The lowest BCUT2D eigenvalue weighted by atomic mass is 10.1.